The molecule has 8 heteroatoms. The molecule has 132 valence electrons. The monoisotopic (exact) mass is 367 g/mol. The van der Waals surface area contributed by atoms with Gasteiger partial charge in [0.1, 0.15) is 11.5 Å². The van der Waals surface area contributed by atoms with E-state index in [-0.39, 0.29) is 5.56 Å². The van der Waals surface area contributed by atoms with Gasteiger partial charge < -0.3 is 4.52 Å². The number of fused-ring (bicyclic) bond motifs is 2. The summed E-state index contributed by atoms with van der Waals surface area (Å²) in [6.07, 6.45) is 0.715. The molecule has 0 atom stereocenters. The Morgan fingerprint density at radius 2 is 2.31 bits per heavy atom. The van der Waals surface area contributed by atoms with Crippen LogP contribution < -0.4 is 5.56 Å². The minimum Gasteiger partial charge on any atom is -0.361 e. The fourth-order valence-corrected chi connectivity index (χ4v) is 4.18. The van der Waals surface area contributed by atoms with Gasteiger partial charge in [0.25, 0.3) is 5.56 Å². The maximum Gasteiger partial charge on any atom is 0.276 e. The lowest BCUT2D eigenvalue weighted by Crippen LogP contribution is -2.35. The van der Waals surface area contributed by atoms with Crippen molar-refractivity contribution in [2.75, 3.05) is 6.54 Å². The Bertz CT molecular complexity index is 1140. The molecule has 0 saturated heterocycles. The molecule has 4 aromatic heterocycles. The SMILES string of the molecule is Cc1cc(-c2cc3nc4c(c(=O)n3[nH]2)CCN(Cc2cccs2)C4)no1. The average Bonchev–Trinajstić information content (AvgIpc) is 3.35. The molecule has 5 rings (SSSR count). The van der Waals surface area contributed by atoms with Crippen LogP contribution in [0, 0.1) is 6.92 Å². The predicted molar refractivity (Wildman–Crippen MR) is 98.2 cm³/mol. The highest BCUT2D eigenvalue weighted by Crippen LogP contribution is 2.22. The fraction of sp³-hybridized carbons (Fsp3) is 0.278. The van der Waals surface area contributed by atoms with Crippen LogP contribution in [0.2, 0.25) is 0 Å². The zero-order chi connectivity index (χ0) is 17.7. The van der Waals surface area contributed by atoms with Gasteiger partial charge in [-0.05, 0) is 24.8 Å². The number of aryl methyl sites for hydroxylation is 1. The van der Waals surface area contributed by atoms with Gasteiger partial charge in [-0.3, -0.25) is 14.8 Å². The lowest BCUT2D eigenvalue weighted by atomic mass is 10.1. The number of H-pyrrole nitrogens is 1. The molecule has 0 aromatic carbocycles. The Labute approximate surface area is 152 Å². The van der Waals surface area contributed by atoms with Crippen LogP contribution in [-0.4, -0.2) is 31.2 Å². The van der Waals surface area contributed by atoms with E-state index in [1.807, 2.05) is 19.1 Å². The van der Waals surface area contributed by atoms with Gasteiger partial charge in [0.05, 0.1) is 11.4 Å². The van der Waals surface area contributed by atoms with E-state index >= 15 is 0 Å². The van der Waals surface area contributed by atoms with Crippen molar-refractivity contribution >= 4 is 17.0 Å². The highest BCUT2D eigenvalue weighted by atomic mass is 32.1. The van der Waals surface area contributed by atoms with Crippen molar-refractivity contribution in [3.8, 4) is 11.4 Å². The standard InChI is InChI=1S/C18H17N5O2S/c1-11-7-15(21-25-11)14-8-17-19-16-10-22(9-12-3-2-6-26-12)5-4-13(16)18(24)23(17)20-14/h2-3,6-8,20H,4-5,9-10H2,1H3. The molecule has 5 heterocycles. The van der Waals surface area contributed by atoms with E-state index < -0.39 is 0 Å². The smallest absolute Gasteiger partial charge is 0.276 e. The van der Waals surface area contributed by atoms with E-state index in [4.69, 9.17) is 9.51 Å². The zero-order valence-corrected chi connectivity index (χ0v) is 15.0. The molecule has 0 amide bonds. The Kier molecular flexibility index (Phi) is 3.54. The minimum atomic E-state index is -0.0211. The zero-order valence-electron chi connectivity index (χ0n) is 14.2. The summed E-state index contributed by atoms with van der Waals surface area (Å²) in [4.78, 5) is 21.3. The maximum absolute atomic E-state index is 12.9. The number of hydrogen-bond donors (Lipinski definition) is 1. The summed E-state index contributed by atoms with van der Waals surface area (Å²) >= 11 is 1.76. The van der Waals surface area contributed by atoms with Crippen LogP contribution in [0.1, 0.15) is 21.9 Å². The van der Waals surface area contributed by atoms with Crippen LogP contribution in [0.25, 0.3) is 17.0 Å². The first-order valence-corrected chi connectivity index (χ1v) is 9.37. The van der Waals surface area contributed by atoms with Gasteiger partial charge in [0, 0.05) is 42.2 Å². The molecule has 1 aliphatic rings. The molecule has 0 aliphatic carbocycles. The molecule has 4 aromatic rings. The summed E-state index contributed by atoms with van der Waals surface area (Å²) in [7, 11) is 0. The van der Waals surface area contributed by atoms with E-state index in [0.29, 0.717) is 24.3 Å². The van der Waals surface area contributed by atoms with Crippen LogP contribution in [0.15, 0.2) is 39.0 Å². The van der Waals surface area contributed by atoms with Crippen molar-refractivity contribution in [1.82, 2.24) is 24.7 Å². The molecular formula is C18H17N5O2S. The maximum atomic E-state index is 12.9. The predicted octanol–water partition coefficient (Wildman–Crippen LogP) is 2.61. The topological polar surface area (TPSA) is 79.4 Å². The summed E-state index contributed by atoms with van der Waals surface area (Å²) in [6, 6.07) is 7.89. The molecular weight excluding hydrogens is 350 g/mol. The summed E-state index contributed by atoms with van der Waals surface area (Å²) in [6.45, 7) is 4.30. The van der Waals surface area contributed by atoms with Crippen molar-refractivity contribution in [3.63, 3.8) is 0 Å². The van der Waals surface area contributed by atoms with Crippen LogP contribution in [0.3, 0.4) is 0 Å². The van der Waals surface area contributed by atoms with Crippen molar-refractivity contribution in [1.29, 1.82) is 0 Å². The van der Waals surface area contributed by atoms with Gasteiger partial charge in [0.2, 0.25) is 0 Å². The van der Waals surface area contributed by atoms with E-state index in [1.165, 1.54) is 9.39 Å². The van der Waals surface area contributed by atoms with E-state index in [0.717, 1.165) is 35.8 Å². The lowest BCUT2D eigenvalue weighted by Gasteiger charge is -2.26. The van der Waals surface area contributed by atoms with Crippen molar-refractivity contribution in [2.45, 2.75) is 26.4 Å². The first kappa shape index (κ1) is 15.5. The van der Waals surface area contributed by atoms with Gasteiger partial charge in [-0.25, -0.2) is 9.50 Å². The number of nitrogens with one attached hydrogen (secondary N) is 1. The minimum absolute atomic E-state index is 0.0211. The molecule has 0 spiro atoms. The Morgan fingerprint density at radius 3 is 3.08 bits per heavy atom. The molecule has 7 nitrogen and oxygen atoms in total. The van der Waals surface area contributed by atoms with Crippen molar-refractivity contribution in [3.05, 3.63) is 61.9 Å². The molecule has 26 heavy (non-hydrogen) atoms. The summed E-state index contributed by atoms with van der Waals surface area (Å²) < 4.78 is 6.63. The van der Waals surface area contributed by atoms with Crippen LogP contribution >= 0.6 is 11.3 Å². The van der Waals surface area contributed by atoms with Gasteiger partial charge in [0.15, 0.2) is 5.65 Å². The summed E-state index contributed by atoms with van der Waals surface area (Å²) in [5.41, 5.74) is 3.66. The molecule has 0 fully saturated rings. The largest absolute Gasteiger partial charge is 0.361 e. The molecule has 1 N–H and O–H groups in total. The first-order chi connectivity index (χ1) is 12.7. The Hall–Kier alpha value is -2.71. The number of nitrogens with zero attached hydrogens (tertiary/aromatic N) is 4. The summed E-state index contributed by atoms with van der Waals surface area (Å²) in [5, 5.41) is 9.20. The second-order valence-electron chi connectivity index (χ2n) is 6.57. The van der Waals surface area contributed by atoms with E-state index in [9.17, 15) is 4.79 Å². The van der Waals surface area contributed by atoms with Gasteiger partial charge in [-0.15, -0.1) is 11.3 Å². The number of rotatable bonds is 3. The third kappa shape index (κ3) is 2.58. The number of hydrogen-bond acceptors (Lipinski definition) is 6. The normalized spacial score (nSPS) is 14.8. The fourth-order valence-electron chi connectivity index (χ4n) is 3.43. The lowest BCUT2D eigenvalue weighted by molar-refractivity contribution is 0.242. The van der Waals surface area contributed by atoms with Gasteiger partial charge in [-0.1, -0.05) is 11.2 Å². The van der Waals surface area contributed by atoms with Gasteiger partial charge >= 0.3 is 0 Å². The van der Waals surface area contributed by atoms with Crippen LogP contribution in [0.4, 0.5) is 0 Å². The van der Waals surface area contributed by atoms with Gasteiger partial charge in [-0.2, -0.15) is 0 Å². The quantitative estimate of drug-likeness (QED) is 0.602. The first-order valence-electron chi connectivity index (χ1n) is 8.49. The molecule has 0 saturated carbocycles. The van der Waals surface area contributed by atoms with Crippen LogP contribution in [0.5, 0.6) is 0 Å². The molecule has 0 radical (unpaired) electrons. The van der Waals surface area contributed by atoms with Crippen LogP contribution in [-0.2, 0) is 19.5 Å². The number of aromatic amines is 1. The third-order valence-electron chi connectivity index (χ3n) is 4.71. The van der Waals surface area contributed by atoms with E-state index in [1.54, 1.807) is 11.3 Å². The Balaban J connectivity index is 1.52. The molecule has 1 aliphatic heterocycles. The third-order valence-corrected chi connectivity index (χ3v) is 5.57. The Morgan fingerprint density at radius 1 is 1.38 bits per heavy atom. The average molecular weight is 367 g/mol. The highest BCUT2D eigenvalue weighted by Gasteiger charge is 2.23. The molecule has 0 bridgehead atoms. The van der Waals surface area contributed by atoms with Crippen molar-refractivity contribution in [2.24, 2.45) is 0 Å². The second-order valence-corrected chi connectivity index (χ2v) is 7.60. The second kappa shape index (κ2) is 5.93. The highest BCUT2D eigenvalue weighted by molar-refractivity contribution is 7.09. The summed E-state index contributed by atoms with van der Waals surface area (Å²) in [5.74, 6) is 0.725. The van der Waals surface area contributed by atoms with E-state index in [2.05, 4.69) is 32.7 Å². The number of aromatic nitrogens is 4. The number of thiophene rings is 1. The van der Waals surface area contributed by atoms with Crippen molar-refractivity contribution < 1.29 is 4.52 Å². The molecule has 0 unspecified atom stereocenters.